The summed E-state index contributed by atoms with van der Waals surface area (Å²) in [5.41, 5.74) is 0.600. The second-order valence-electron chi connectivity index (χ2n) is 4.27. The van der Waals surface area contributed by atoms with E-state index in [2.05, 4.69) is 0 Å². The van der Waals surface area contributed by atoms with E-state index in [1.807, 2.05) is 6.92 Å². The fraction of sp³-hybridized carbons (Fsp3) is 0.0714. The highest BCUT2D eigenvalue weighted by Gasteiger charge is 2.26. The molecule has 0 heterocycles. The standard InChI is InChI=1S/C7HCl2NO2.C7H8O3S/c8-4-1-5(11)3(2-10)6(9)7(4)12;1-6-2-4-7(5-3-6)11(8,9)10/h1H;2-5H,1H3,(H,8,9,10). The number of allylic oxidation sites excluding steroid dienone is 4. The number of hydrogen-bond acceptors (Lipinski definition) is 5. The van der Waals surface area contributed by atoms with E-state index in [0.29, 0.717) is 0 Å². The lowest BCUT2D eigenvalue weighted by molar-refractivity contribution is -0.114. The molecule has 0 saturated carbocycles. The number of benzene rings is 1. The van der Waals surface area contributed by atoms with Crippen molar-refractivity contribution in [1.29, 1.82) is 5.26 Å². The van der Waals surface area contributed by atoms with Gasteiger partial charge in [0, 0.05) is 6.08 Å². The van der Waals surface area contributed by atoms with Crippen LogP contribution in [0.15, 0.2) is 50.9 Å². The number of aryl methyl sites for hydroxylation is 1. The highest BCUT2D eigenvalue weighted by atomic mass is 35.5. The molecule has 0 atom stereocenters. The van der Waals surface area contributed by atoms with Crippen LogP contribution < -0.4 is 0 Å². The van der Waals surface area contributed by atoms with Crippen LogP contribution in [0.2, 0.25) is 0 Å². The van der Waals surface area contributed by atoms with Crippen molar-refractivity contribution in [3.63, 3.8) is 0 Å². The number of rotatable bonds is 1. The second kappa shape index (κ2) is 7.53. The van der Waals surface area contributed by atoms with Crippen LogP contribution in [-0.2, 0) is 19.7 Å². The van der Waals surface area contributed by atoms with Crippen LogP contribution in [0, 0.1) is 18.3 Å². The van der Waals surface area contributed by atoms with Gasteiger partial charge in [0.25, 0.3) is 10.1 Å². The molecule has 0 saturated heterocycles. The quantitative estimate of drug-likeness (QED) is 0.597. The summed E-state index contributed by atoms with van der Waals surface area (Å²) in [6.45, 7) is 1.84. The normalized spacial score (nSPS) is 14.7. The van der Waals surface area contributed by atoms with Gasteiger partial charge in [-0.05, 0) is 19.1 Å². The molecule has 0 amide bonds. The van der Waals surface area contributed by atoms with Crippen LogP contribution in [0.5, 0.6) is 0 Å². The minimum atomic E-state index is -4.02. The first-order valence-electron chi connectivity index (χ1n) is 5.88. The predicted octanol–water partition coefficient (Wildman–Crippen LogP) is 2.52. The number of Topliss-reactive ketones (excluding diaryl/α,β-unsaturated/α-hetero) is 1. The Morgan fingerprint density at radius 1 is 1.13 bits per heavy atom. The summed E-state index contributed by atoms with van der Waals surface area (Å²) in [5, 5.41) is 7.73. The topological polar surface area (TPSA) is 112 Å². The molecular weight excluding hydrogens is 365 g/mol. The predicted molar refractivity (Wildman–Crippen MR) is 83.4 cm³/mol. The van der Waals surface area contributed by atoms with Crippen LogP contribution >= 0.6 is 23.2 Å². The summed E-state index contributed by atoms with van der Waals surface area (Å²) in [4.78, 5) is 21.8. The number of nitrogens with zero attached hydrogens (tertiary/aromatic N) is 1. The zero-order chi connectivity index (χ0) is 17.8. The molecule has 9 heteroatoms. The van der Waals surface area contributed by atoms with Crippen molar-refractivity contribution in [2.24, 2.45) is 0 Å². The maximum atomic E-state index is 10.9. The molecule has 120 valence electrons. The lowest BCUT2D eigenvalue weighted by atomic mass is 10.0. The molecule has 6 nitrogen and oxygen atoms in total. The molecule has 0 fully saturated rings. The third-order valence-corrected chi connectivity index (χ3v) is 4.08. The Kier molecular flexibility index (Phi) is 6.24. The second-order valence-corrected chi connectivity index (χ2v) is 6.48. The maximum absolute atomic E-state index is 10.9. The number of carbonyl (C=O) groups excluding carboxylic acids is 2. The highest BCUT2D eigenvalue weighted by Crippen LogP contribution is 2.23. The Labute approximate surface area is 142 Å². The maximum Gasteiger partial charge on any atom is 0.294 e. The lowest BCUT2D eigenvalue weighted by Gasteiger charge is -2.04. The zero-order valence-electron chi connectivity index (χ0n) is 11.6. The fourth-order valence-electron chi connectivity index (χ4n) is 1.39. The van der Waals surface area contributed by atoms with E-state index >= 15 is 0 Å². The minimum Gasteiger partial charge on any atom is -0.288 e. The van der Waals surface area contributed by atoms with E-state index in [0.717, 1.165) is 11.6 Å². The van der Waals surface area contributed by atoms with Gasteiger partial charge < -0.3 is 0 Å². The third kappa shape index (κ3) is 5.01. The number of nitriles is 1. The van der Waals surface area contributed by atoms with E-state index in [1.54, 1.807) is 12.1 Å². The summed E-state index contributed by atoms with van der Waals surface area (Å²) in [7, 11) is -4.02. The average Bonchev–Trinajstić information content (AvgIpc) is 2.45. The van der Waals surface area contributed by atoms with Crippen LogP contribution in [0.1, 0.15) is 5.56 Å². The van der Waals surface area contributed by atoms with Gasteiger partial charge in [0.2, 0.25) is 5.78 Å². The van der Waals surface area contributed by atoms with Crippen molar-refractivity contribution in [3.05, 3.63) is 51.5 Å². The smallest absolute Gasteiger partial charge is 0.288 e. The summed E-state index contributed by atoms with van der Waals surface area (Å²) in [6.07, 6.45) is 0.883. The van der Waals surface area contributed by atoms with E-state index in [-0.39, 0.29) is 15.5 Å². The zero-order valence-corrected chi connectivity index (χ0v) is 13.9. The van der Waals surface area contributed by atoms with Crippen molar-refractivity contribution in [3.8, 4) is 6.07 Å². The monoisotopic (exact) mass is 373 g/mol. The third-order valence-electron chi connectivity index (χ3n) is 2.57. The van der Waals surface area contributed by atoms with Crippen LogP contribution in [0.4, 0.5) is 0 Å². The first-order valence-corrected chi connectivity index (χ1v) is 8.07. The Morgan fingerprint density at radius 2 is 1.65 bits per heavy atom. The number of hydrogen-bond donors (Lipinski definition) is 1. The van der Waals surface area contributed by atoms with Gasteiger partial charge in [-0.25, -0.2) is 0 Å². The van der Waals surface area contributed by atoms with Gasteiger partial charge in [0.1, 0.15) is 16.7 Å². The largest absolute Gasteiger partial charge is 0.294 e. The van der Waals surface area contributed by atoms with Gasteiger partial charge in [0.05, 0.1) is 9.93 Å². The molecule has 0 unspecified atom stereocenters. The molecule has 1 aromatic rings. The molecule has 1 aliphatic carbocycles. The first-order chi connectivity index (χ1) is 10.6. The van der Waals surface area contributed by atoms with Crippen LogP contribution in [0.25, 0.3) is 0 Å². The molecule has 0 radical (unpaired) electrons. The minimum absolute atomic E-state index is 0.0666. The molecule has 1 N–H and O–H groups in total. The summed E-state index contributed by atoms with van der Waals surface area (Å²) >= 11 is 10.7. The Hall–Kier alpha value is -1.98. The van der Waals surface area contributed by atoms with E-state index in [9.17, 15) is 18.0 Å². The van der Waals surface area contributed by atoms with Crippen molar-refractivity contribution in [2.75, 3.05) is 0 Å². The van der Waals surface area contributed by atoms with Gasteiger partial charge >= 0.3 is 0 Å². The molecule has 23 heavy (non-hydrogen) atoms. The van der Waals surface area contributed by atoms with Gasteiger partial charge in [-0.3, -0.25) is 14.1 Å². The van der Waals surface area contributed by atoms with Crippen LogP contribution in [-0.4, -0.2) is 24.5 Å². The van der Waals surface area contributed by atoms with E-state index in [4.69, 9.17) is 33.0 Å². The molecule has 1 aliphatic rings. The first kappa shape index (κ1) is 19.1. The Balaban J connectivity index is 0.000000231. The summed E-state index contributed by atoms with van der Waals surface area (Å²) < 4.78 is 29.6. The van der Waals surface area contributed by atoms with Crippen molar-refractivity contribution >= 4 is 44.9 Å². The Bertz CT molecular complexity index is 861. The molecule has 0 spiro atoms. The highest BCUT2D eigenvalue weighted by molar-refractivity contribution is 7.85. The number of carbonyl (C=O) groups is 2. The van der Waals surface area contributed by atoms with Gasteiger partial charge in [-0.2, -0.15) is 13.7 Å². The van der Waals surface area contributed by atoms with Gasteiger partial charge in [0.15, 0.2) is 5.78 Å². The number of ketones is 2. The van der Waals surface area contributed by atoms with Crippen LogP contribution in [0.3, 0.4) is 0 Å². The van der Waals surface area contributed by atoms with Gasteiger partial charge in [-0.15, -0.1) is 0 Å². The van der Waals surface area contributed by atoms with Crippen molar-refractivity contribution < 1.29 is 22.6 Å². The molecule has 1 aromatic carbocycles. The molecule has 0 aliphatic heterocycles. The fourth-order valence-corrected chi connectivity index (χ4v) is 2.35. The molecule has 0 bridgehead atoms. The Morgan fingerprint density at radius 3 is 2.09 bits per heavy atom. The lowest BCUT2D eigenvalue weighted by Crippen LogP contribution is -2.13. The molecule has 2 rings (SSSR count). The molecule has 0 aromatic heterocycles. The average molecular weight is 374 g/mol. The summed E-state index contributed by atoms with van der Waals surface area (Å²) in [6, 6.07) is 7.52. The van der Waals surface area contributed by atoms with E-state index in [1.165, 1.54) is 18.2 Å². The van der Waals surface area contributed by atoms with Gasteiger partial charge in [-0.1, -0.05) is 40.9 Å². The number of halogens is 2. The van der Waals surface area contributed by atoms with Crippen molar-refractivity contribution in [2.45, 2.75) is 11.8 Å². The SMILES string of the molecule is Cc1ccc(S(=O)(=O)O)cc1.N#CC1=C(Cl)C(=O)C(Cl)=CC1=O. The molecular formula is C14H9Cl2NO5S. The van der Waals surface area contributed by atoms with Crippen molar-refractivity contribution in [1.82, 2.24) is 0 Å². The van der Waals surface area contributed by atoms with E-state index < -0.39 is 26.7 Å². The summed E-state index contributed by atoms with van der Waals surface area (Å²) in [5.74, 6) is -1.32.